The Morgan fingerprint density at radius 2 is 1.96 bits per heavy atom. The Hall–Kier alpha value is -2.67. The third-order valence-corrected chi connectivity index (χ3v) is 5.12. The van der Waals surface area contributed by atoms with E-state index in [-0.39, 0.29) is 12.1 Å². The fourth-order valence-corrected chi connectivity index (χ4v) is 3.65. The van der Waals surface area contributed by atoms with Gasteiger partial charge in [0.2, 0.25) is 5.88 Å². The Bertz CT molecular complexity index is 782. The second-order valence-electron chi connectivity index (χ2n) is 7.09. The number of hydrogen-bond donors (Lipinski definition) is 1. The average molecular weight is 368 g/mol. The number of methoxy groups -OCH3 is 1. The molecule has 0 spiro atoms. The monoisotopic (exact) mass is 368 g/mol. The number of fused-ring (bicyclic) bond motifs is 1. The van der Waals surface area contributed by atoms with Crippen LogP contribution in [0.3, 0.4) is 0 Å². The van der Waals surface area contributed by atoms with Gasteiger partial charge in [-0.15, -0.1) is 0 Å². The minimum Gasteiger partial charge on any atom is -0.471 e. The zero-order valence-electron chi connectivity index (χ0n) is 15.4. The standard InChI is InChI=1S/C20H24N4O3/c1-26-20(25)6-7-24-11-17(12-24)27-19-10-18(21-13-22-19)23-16-8-14-4-2-3-5-15(14)9-16/h2-5,10,13,16-17H,6-9,11-12H2,1H3,(H,21,22,23). The van der Waals surface area contributed by atoms with E-state index in [2.05, 4.69) is 49.2 Å². The molecule has 0 unspecified atom stereocenters. The summed E-state index contributed by atoms with van der Waals surface area (Å²) < 4.78 is 10.6. The number of benzene rings is 1. The number of carbonyl (C=O) groups is 1. The van der Waals surface area contributed by atoms with E-state index in [0.717, 1.165) is 31.7 Å². The van der Waals surface area contributed by atoms with Crippen molar-refractivity contribution in [2.45, 2.75) is 31.4 Å². The van der Waals surface area contributed by atoms with Crippen LogP contribution in [0.1, 0.15) is 17.5 Å². The summed E-state index contributed by atoms with van der Waals surface area (Å²) >= 11 is 0. The molecule has 0 saturated carbocycles. The first-order chi connectivity index (χ1) is 13.2. The molecule has 0 amide bonds. The van der Waals surface area contributed by atoms with Gasteiger partial charge in [0.1, 0.15) is 18.2 Å². The van der Waals surface area contributed by atoms with Crippen LogP contribution in [0.5, 0.6) is 5.88 Å². The highest BCUT2D eigenvalue weighted by atomic mass is 16.5. The van der Waals surface area contributed by atoms with Gasteiger partial charge in [-0.3, -0.25) is 9.69 Å². The lowest BCUT2D eigenvalue weighted by atomic mass is 10.1. The highest BCUT2D eigenvalue weighted by Crippen LogP contribution is 2.25. The summed E-state index contributed by atoms with van der Waals surface area (Å²) in [6.45, 7) is 2.29. The van der Waals surface area contributed by atoms with Gasteiger partial charge in [0.05, 0.1) is 13.5 Å². The Kier molecular flexibility index (Phi) is 5.20. The molecule has 1 saturated heterocycles. The largest absolute Gasteiger partial charge is 0.471 e. The fourth-order valence-electron chi connectivity index (χ4n) is 3.65. The topological polar surface area (TPSA) is 76.6 Å². The molecule has 1 N–H and O–H groups in total. The van der Waals surface area contributed by atoms with E-state index in [1.807, 2.05) is 6.07 Å². The molecule has 2 heterocycles. The first-order valence-electron chi connectivity index (χ1n) is 9.31. The number of likely N-dealkylation sites (tertiary alicyclic amines) is 1. The molecule has 1 fully saturated rings. The van der Waals surface area contributed by atoms with Crippen LogP contribution in [-0.4, -0.2) is 59.7 Å². The Labute approximate surface area is 158 Å². The second kappa shape index (κ2) is 7.92. The number of anilines is 1. The van der Waals surface area contributed by atoms with Gasteiger partial charge in [0, 0.05) is 31.7 Å². The molecule has 1 aromatic heterocycles. The number of hydrogen-bond acceptors (Lipinski definition) is 7. The summed E-state index contributed by atoms with van der Waals surface area (Å²) in [5, 5.41) is 3.49. The van der Waals surface area contributed by atoms with E-state index in [9.17, 15) is 4.79 Å². The Morgan fingerprint density at radius 1 is 1.22 bits per heavy atom. The zero-order valence-corrected chi connectivity index (χ0v) is 15.4. The van der Waals surface area contributed by atoms with E-state index in [1.165, 1.54) is 24.6 Å². The average Bonchev–Trinajstić information content (AvgIpc) is 3.05. The summed E-state index contributed by atoms with van der Waals surface area (Å²) in [6, 6.07) is 10.8. The molecule has 0 atom stereocenters. The first-order valence-corrected chi connectivity index (χ1v) is 9.31. The van der Waals surface area contributed by atoms with Crippen molar-refractivity contribution in [2.24, 2.45) is 0 Å². The van der Waals surface area contributed by atoms with Gasteiger partial charge in [-0.25, -0.2) is 9.97 Å². The molecule has 0 radical (unpaired) electrons. The summed E-state index contributed by atoms with van der Waals surface area (Å²) in [6.07, 6.45) is 4.06. The van der Waals surface area contributed by atoms with Gasteiger partial charge in [-0.2, -0.15) is 0 Å². The molecular formula is C20H24N4O3. The maximum atomic E-state index is 11.2. The summed E-state index contributed by atoms with van der Waals surface area (Å²) in [7, 11) is 1.41. The molecule has 2 aliphatic rings. The van der Waals surface area contributed by atoms with Crippen LogP contribution in [0.15, 0.2) is 36.7 Å². The van der Waals surface area contributed by atoms with Gasteiger partial charge in [0.25, 0.3) is 0 Å². The summed E-state index contributed by atoms with van der Waals surface area (Å²) in [5.74, 6) is 1.19. The first kappa shape index (κ1) is 17.7. The minimum absolute atomic E-state index is 0.0983. The van der Waals surface area contributed by atoms with Gasteiger partial charge in [0.15, 0.2) is 0 Å². The number of esters is 1. The van der Waals surface area contributed by atoms with Crippen molar-refractivity contribution in [3.63, 3.8) is 0 Å². The zero-order chi connectivity index (χ0) is 18.6. The number of rotatable bonds is 7. The highest BCUT2D eigenvalue weighted by Gasteiger charge is 2.29. The summed E-state index contributed by atoms with van der Waals surface area (Å²) in [5.41, 5.74) is 2.81. The van der Waals surface area contributed by atoms with Crippen molar-refractivity contribution in [3.05, 3.63) is 47.8 Å². The van der Waals surface area contributed by atoms with E-state index < -0.39 is 0 Å². The van der Waals surface area contributed by atoms with Gasteiger partial charge in [-0.05, 0) is 24.0 Å². The fraction of sp³-hybridized carbons (Fsp3) is 0.450. The highest BCUT2D eigenvalue weighted by molar-refractivity contribution is 5.69. The molecular weight excluding hydrogens is 344 g/mol. The quantitative estimate of drug-likeness (QED) is 0.745. The number of aromatic nitrogens is 2. The molecule has 1 aliphatic heterocycles. The lowest BCUT2D eigenvalue weighted by molar-refractivity contribution is -0.141. The lowest BCUT2D eigenvalue weighted by Gasteiger charge is -2.38. The SMILES string of the molecule is COC(=O)CCN1CC(Oc2cc(NC3Cc4ccccc4C3)ncn2)C1. The maximum Gasteiger partial charge on any atom is 0.306 e. The Morgan fingerprint density at radius 3 is 2.67 bits per heavy atom. The normalized spacial score (nSPS) is 17.2. The van der Waals surface area contributed by atoms with Crippen molar-refractivity contribution in [1.82, 2.24) is 14.9 Å². The van der Waals surface area contributed by atoms with Gasteiger partial charge >= 0.3 is 5.97 Å². The van der Waals surface area contributed by atoms with E-state index in [4.69, 9.17) is 4.74 Å². The summed E-state index contributed by atoms with van der Waals surface area (Å²) in [4.78, 5) is 21.9. The van der Waals surface area contributed by atoms with E-state index in [1.54, 1.807) is 0 Å². The minimum atomic E-state index is -0.181. The van der Waals surface area contributed by atoms with Crippen molar-refractivity contribution in [2.75, 3.05) is 32.1 Å². The molecule has 142 valence electrons. The van der Waals surface area contributed by atoms with Crippen LogP contribution in [0, 0.1) is 0 Å². The molecule has 4 rings (SSSR count). The lowest BCUT2D eigenvalue weighted by Crippen LogP contribution is -2.54. The van der Waals surface area contributed by atoms with Crippen LogP contribution in [0.25, 0.3) is 0 Å². The molecule has 2 aromatic rings. The van der Waals surface area contributed by atoms with Crippen molar-refractivity contribution < 1.29 is 14.3 Å². The molecule has 7 heteroatoms. The van der Waals surface area contributed by atoms with Crippen LogP contribution >= 0.6 is 0 Å². The number of carbonyl (C=O) groups excluding carboxylic acids is 1. The van der Waals surface area contributed by atoms with Crippen molar-refractivity contribution >= 4 is 11.8 Å². The molecule has 7 nitrogen and oxygen atoms in total. The van der Waals surface area contributed by atoms with Crippen LogP contribution in [-0.2, 0) is 22.4 Å². The third kappa shape index (κ3) is 4.36. The van der Waals surface area contributed by atoms with Crippen LogP contribution in [0.4, 0.5) is 5.82 Å². The van der Waals surface area contributed by atoms with E-state index >= 15 is 0 Å². The molecule has 1 aromatic carbocycles. The molecule has 27 heavy (non-hydrogen) atoms. The Balaban J connectivity index is 1.25. The third-order valence-electron chi connectivity index (χ3n) is 5.12. The van der Waals surface area contributed by atoms with Gasteiger partial charge in [-0.1, -0.05) is 24.3 Å². The van der Waals surface area contributed by atoms with E-state index in [0.29, 0.717) is 24.9 Å². The predicted molar refractivity (Wildman–Crippen MR) is 101 cm³/mol. The van der Waals surface area contributed by atoms with Crippen molar-refractivity contribution in [1.29, 1.82) is 0 Å². The van der Waals surface area contributed by atoms with Crippen LogP contribution < -0.4 is 10.1 Å². The molecule has 1 aliphatic carbocycles. The number of nitrogens with zero attached hydrogens (tertiary/aromatic N) is 3. The smallest absolute Gasteiger partial charge is 0.306 e. The number of ether oxygens (including phenoxy) is 2. The predicted octanol–water partition coefficient (Wildman–Crippen LogP) is 1.68. The maximum absolute atomic E-state index is 11.2. The molecule has 0 bridgehead atoms. The number of nitrogens with one attached hydrogen (secondary N) is 1. The van der Waals surface area contributed by atoms with Crippen LogP contribution in [0.2, 0.25) is 0 Å². The van der Waals surface area contributed by atoms with Gasteiger partial charge < -0.3 is 14.8 Å². The van der Waals surface area contributed by atoms with Crippen molar-refractivity contribution in [3.8, 4) is 5.88 Å². The second-order valence-corrected chi connectivity index (χ2v) is 7.09.